The second-order valence-corrected chi connectivity index (χ2v) is 11.0. The molecule has 0 spiro atoms. The minimum Gasteiger partial charge on any atom is -0.310 e. The summed E-state index contributed by atoms with van der Waals surface area (Å²) in [4.78, 5) is 2.40. The van der Waals surface area contributed by atoms with E-state index in [0.29, 0.717) is 0 Å². The zero-order chi connectivity index (χ0) is 27.1. The fourth-order valence-corrected chi connectivity index (χ4v) is 6.36. The van der Waals surface area contributed by atoms with Crippen LogP contribution in [0, 0.1) is 0 Å². The van der Waals surface area contributed by atoms with E-state index in [1.54, 1.807) is 0 Å². The van der Waals surface area contributed by atoms with Crippen molar-refractivity contribution in [1.82, 2.24) is 0 Å². The third kappa shape index (κ3) is 4.03. The van der Waals surface area contributed by atoms with Crippen LogP contribution in [0.2, 0.25) is 0 Å². The third-order valence-corrected chi connectivity index (χ3v) is 8.21. The zero-order valence-electron chi connectivity index (χ0n) is 22.9. The van der Waals surface area contributed by atoms with Crippen LogP contribution < -0.4 is 4.90 Å². The van der Waals surface area contributed by atoms with Crippen LogP contribution in [0.25, 0.3) is 33.4 Å². The highest BCUT2D eigenvalue weighted by Gasteiger charge is 2.38. The summed E-state index contributed by atoms with van der Waals surface area (Å²) in [6.07, 6.45) is 0. The van der Waals surface area contributed by atoms with Crippen molar-refractivity contribution >= 4 is 17.1 Å². The van der Waals surface area contributed by atoms with Gasteiger partial charge in [0, 0.05) is 22.5 Å². The number of rotatable bonds is 5. The topological polar surface area (TPSA) is 3.24 Å². The van der Waals surface area contributed by atoms with Crippen molar-refractivity contribution < 1.29 is 0 Å². The van der Waals surface area contributed by atoms with Gasteiger partial charge in [0.05, 0.1) is 0 Å². The molecule has 1 aliphatic rings. The van der Waals surface area contributed by atoms with Gasteiger partial charge in [-0.25, -0.2) is 0 Å². The third-order valence-electron chi connectivity index (χ3n) is 8.21. The van der Waals surface area contributed by atoms with Crippen molar-refractivity contribution in [3.05, 3.63) is 163 Å². The van der Waals surface area contributed by atoms with Crippen LogP contribution in [0.3, 0.4) is 0 Å². The van der Waals surface area contributed by atoms with Gasteiger partial charge in [0.25, 0.3) is 0 Å². The molecular formula is C39H31N. The minimum absolute atomic E-state index is 0.0968. The Morgan fingerprint density at radius 1 is 0.400 bits per heavy atom. The molecule has 0 heterocycles. The van der Waals surface area contributed by atoms with Crippen molar-refractivity contribution in [2.45, 2.75) is 19.3 Å². The maximum Gasteiger partial charge on any atom is 0.0474 e. The number of benzene rings is 6. The normalized spacial score (nSPS) is 12.9. The van der Waals surface area contributed by atoms with E-state index in [1.165, 1.54) is 44.5 Å². The Hall–Kier alpha value is -4.88. The summed E-state index contributed by atoms with van der Waals surface area (Å²) in [5, 5.41) is 0. The van der Waals surface area contributed by atoms with Crippen LogP contribution >= 0.6 is 0 Å². The van der Waals surface area contributed by atoms with Gasteiger partial charge in [-0.1, -0.05) is 129 Å². The Morgan fingerprint density at radius 3 is 1.68 bits per heavy atom. The van der Waals surface area contributed by atoms with Gasteiger partial charge in [0.15, 0.2) is 0 Å². The van der Waals surface area contributed by atoms with Crippen LogP contribution in [0.5, 0.6) is 0 Å². The Labute approximate surface area is 237 Å². The van der Waals surface area contributed by atoms with E-state index >= 15 is 0 Å². The first kappa shape index (κ1) is 24.2. The van der Waals surface area contributed by atoms with Crippen LogP contribution in [-0.4, -0.2) is 0 Å². The summed E-state index contributed by atoms with van der Waals surface area (Å²) in [5.74, 6) is 0. The first-order chi connectivity index (χ1) is 19.6. The molecule has 6 aromatic rings. The van der Waals surface area contributed by atoms with Crippen LogP contribution in [-0.2, 0) is 5.41 Å². The smallest absolute Gasteiger partial charge is 0.0474 e. The fourth-order valence-electron chi connectivity index (χ4n) is 6.36. The molecule has 0 aliphatic heterocycles. The van der Waals surface area contributed by atoms with Crippen molar-refractivity contribution in [3.8, 4) is 33.4 Å². The molecule has 0 N–H and O–H groups in total. The van der Waals surface area contributed by atoms with Crippen molar-refractivity contribution in [2.24, 2.45) is 0 Å². The molecule has 7 rings (SSSR count). The molecule has 0 amide bonds. The van der Waals surface area contributed by atoms with Crippen molar-refractivity contribution in [2.75, 3.05) is 4.90 Å². The number of fused-ring (bicyclic) bond motifs is 3. The molecule has 0 radical (unpaired) electrons. The molecule has 192 valence electrons. The Bertz CT molecular complexity index is 1800. The standard InChI is InChI=1S/C39H31N/c1-39(2)37-24-13-12-23-34(37)36-27-33(26-35(38(36)39)29-17-8-4-9-18-29)40(31-20-10-5-11-21-31)32-22-14-19-30(25-32)28-15-6-3-7-16-28/h3-27H,1-2H3. The summed E-state index contributed by atoms with van der Waals surface area (Å²) in [7, 11) is 0. The van der Waals surface area contributed by atoms with Gasteiger partial charge >= 0.3 is 0 Å². The molecule has 0 saturated heterocycles. The molecule has 40 heavy (non-hydrogen) atoms. The molecule has 0 atom stereocenters. The summed E-state index contributed by atoms with van der Waals surface area (Å²) >= 11 is 0. The number of para-hydroxylation sites is 1. The monoisotopic (exact) mass is 513 g/mol. The highest BCUT2D eigenvalue weighted by molar-refractivity contribution is 5.93. The van der Waals surface area contributed by atoms with Crippen molar-refractivity contribution in [1.29, 1.82) is 0 Å². The van der Waals surface area contributed by atoms with Gasteiger partial charge in [-0.15, -0.1) is 0 Å². The highest BCUT2D eigenvalue weighted by atomic mass is 15.1. The van der Waals surface area contributed by atoms with E-state index in [1.807, 2.05) is 0 Å². The minimum atomic E-state index is -0.0968. The largest absolute Gasteiger partial charge is 0.310 e. The van der Waals surface area contributed by atoms with E-state index in [0.717, 1.165) is 17.1 Å². The van der Waals surface area contributed by atoms with Gasteiger partial charge in [0.2, 0.25) is 0 Å². The number of anilines is 3. The lowest BCUT2D eigenvalue weighted by Crippen LogP contribution is -2.17. The molecule has 0 fully saturated rings. The summed E-state index contributed by atoms with van der Waals surface area (Å²) < 4.78 is 0. The SMILES string of the molecule is CC1(C)c2ccccc2-c2cc(N(c3ccccc3)c3cccc(-c4ccccc4)c3)cc(-c3ccccc3)c21. The van der Waals surface area contributed by atoms with E-state index in [9.17, 15) is 0 Å². The highest BCUT2D eigenvalue weighted by Crippen LogP contribution is 2.54. The molecule has 0 aromatic heterocycles. The lowest BCUT2D eigenvalue weighted by atomic mass is 9.78. The predicted octanol–water partition coefficient (Wildman–Crippen LogP) is 10.8. The van der Waals surface area contributed by atoms with Crippen molar-refractivity contribution in [3.63, 3.8) is 0 Å². The van der Waals surface area contributed by atoms with Crippen LogP contribution in [0.4, 0.5) is 17.1 Å². The second kappa shape index (κ2) is 9.70. The molecule has 6 aromatic carbocycles. The van der Waals surface area contributed by atoms with Gasteiger partial charge in [0.1, 0.15) is 0 Å². The molecule has 1 aliphatic carbocycles. The van der Waals surface area contributed by atoms with E-state index in [4.69, 9.17) is 0 Å². The van der Waals surface area contributed by atoms with Crippen LogP contribution in [0.1, 0.15) is 25.0 Å². The average molecular weight is 514 g/mol. The lowest BCUT2D eigenvalue weighted by molar-refractivity contribution is 0.662. The molecule has 1 nitrogen and oxygen atoms in total. The van der Waals surface area contributed by atoms with Gasteiger partial charge < -0.3 is 4.90 Å². The van der Waals surface area contributed by atoms with Gasteiger partial charge in [-0.05, 0) is 80.9 Å². The first-order valence-electron chi connectivity index (χ1n) is 14.0. The summed E-state index contributed by atoms with van der Waals surface area (Å²) in [5.41, 5.74) is 13.7. The first-order valence-corrected chi connectivity index (χ1v) is 14.0. The Kier molecular flexibility index (Phi) is 5.86. The molecule has 0 bridgehead atoms. The Balaban J connectivity index is 1.50. The van der Waals surface area contributed by atoms with E-state index in [-0.39, 0.29) is 5.41 Å². The lowest BCUT2D eigenvalue weighted by Gasteiger charge is -2.29. The summed E-state index contributed by atoms with van der Waals surface area (Å²) in [6.45, 7) is 4.73. The van der Waals surface area contributed by atoms with Crippen LogP contribution in [0.15, 0.2) is 152 Å². The summed E-state index contributed by atoms with van der Waals surface area (Å²) in [6, 6.07) is 54.8. The van der Waals surface area contributed by atoms with Gasteiger partial charge in [-0.2, -0.15) is 0 Å². The molecule has 0 saturated carbocycles. The van der Waals surface area contributed by atoms with E-state index in [2.05, 4.69) is 170 Å². The maximum absolute atomic E-state index is 2.40. The maximum atomic E-state index is 2.40. The average Bonchev–Trinajstić information content (AvgIpc) is 3.25. The predicted molar refractivity (Wildman–Crippen MR) is 170 cm³/mol. The number of hydrogen-bond donors (Lipinski definition) is 0. The molecule has 1 heteroatoms. The Morgan fingerprint density at radius 2 is 0.950 bits per heavy atom. The molecule has 0 unspecified atom stereocenters. The molecular weight excluding hydrogens is 482 g/mol. The second-order valence-electron chi connectivity index (χ2n) is 11.0. The zero-order valence-corrected chi connectivity index (χ0v) is 22.9. The van der Waals surface area contributed by atoms with E-state index < -0.39 is 0 Å². The van der Waals surface area contributed by atoms with Gasteiger partial charge in [-0.3, -0.25) is 0 Å². The number of nitrogens with zero attached hydrogens (tertiary/aromatic N) is 1. The fraction of sp³-hybridized carbons (Fsp3) is 0.0769. The number of hydrogen-bond acceptors (Lipinski definition) is 1. The quantitative estimate of drug-likeness (QED) is 0.222.